The van der Waals surface area contributed by atoms with E-state index in [1.165, 1.54) is 41.1 Å². The van der Waals surface area contributed by atoms with E-state index in [-0.39, 0.29) is 23.6 Å². The Balaban J connectivity index is 1.64. The first kappa shape index (κ1) is 24.2. The first-order chi connectivity index (χ1) is 16.9. The minimum absolute atomic E-state index is 0.0114. The zero-order valence-corrected chi connectivity index (χ0v) is 20.6. The van der Waals surface area contributed by atoms with E-state index >= 15 is 0 Å². The molecule has 3 heterocycles. The van der Waals surface area contributed by atoms with Crippen molar-refractivity contribution in [3.05, 3.63) is 69.7 Å². The van der Waals surface area contributed by atoms with Gasteiger partial charge in [-0.3, -0.25) is 9.48 Å². The average molecular weight is 522 g/mol. The van der Waals surface area contributed by atoms with E-state index in [0.717, 1.165) is 16.3 Å². The number of hydrogen-bond donors (Lipinski definition) is 1. The van der Waals surface area contributed by atoms with Crippen molar-refractivity contribution in [3.8, 4) is 27.8 Å². The third-order valence-electron chi connectivity index (χ3n) is 4.83. The van der Waals surface area contributed by atoms with E-state index in [0.29, 0.717) is 26.9 Å². The van der Waals surface area contributed by atoms with Gasteiger partial charge in [0, 0.05) is 39.0 Å². The highest BCUT2D eigenvalue weighted by molar-refractivity contribution is 7.98. The Morgan fingerprint density at radius 2 is 2.11 bits per heavy atom. The van der Waals surface area contributed by atoms with Crippen LogP contribution in [0.25, 0.3) is 26.5 Å². The van der Waals surface area contributed by atoms with Crippen LogP contribution in [0.15, 0.2) is 47.1 Å². The molecule has 35 heavy (non-hydrogen) atoms. The maximum absolute atomic E-state index is 11.6. The van der Waals surface area contributed by atoms with Gasteiger partial charge in [-0.15, -0.1) is 11.3 Å². The molecule has 0 fully saturated rings. The molecule has 0 saturated carbocycles. The maximum atomic E-state index is 11.6. The summed E-state index contributed by atoms with van der Waals surface area (Å²) in [4.78, 5) is 24.1. The van der Waals surface area contributed by atoms with E-state index in [9.17, 15) is 10.1 Å². The molecule has 9 nitrogen and oxygen atoms in total. The molecule has 3 aromatic heterocycles. The van der Waals surface area contributed by atoms with Crippen molar-refractivity contribution in [1.29, 1.82) is 5.26 Å². The molecule has 0 aliphatic carbocycles. The van der Waals surface area contributed by atoms with Crippen LogP contribution in [0.1, 0.15) is 11.3 Å². The lowest BCUT2D eigenvalue weighted by molar-refractivity contribution is -0.141. The summed E-state index contributed by atoms with van der Waals surface area (Å²) in [5, 5.41) is 17.9. The van der Waals surface area contributed by atoms with E-state index in [1.54, 1.807) is 6.20 Å². The molecular weight excluding hydrogens is 506 g/mol. The molecule has 0 spiro atoms. The third-order valence-corrected chi connectivity index (χ3v) is 7.03. The molecule has 0 aliphatic rings. The van der Waals surface area contributed by atoms with Gasteiger partial charge in [0.2, 0.25) is 5.69 Å². The highest BCUT2D eigenvalue weighted by Crippen LogP contribution is 2.41. The number of nitriles is 1. The van der Waals surface area contributed by atoms with Gasteiger partial charge in [-0.05, 0) is 12.1 Å². The predicted molar refractivity (Wildman–Crippen MR) is 135 cm³/mol. The number of anilines is 1. The summed E-state index contributed by atoms with van der Waals surface area (Å²) in [5.74, 6) is -0.0153. The normalized spacial score (nSPS) is 10.5. The fourth-order valence-corrected chi connectivity index (χ4v) is 5.14. The molecule has 0 atom stereocenters. The van der Waals surface area contributed by atoms with Crippen molar-refractivity contribution in [2.24, 2.45) is 0 Å². The molecule has 174 valence electrons. The molecule has 4 aromatic rings. The number of nitrogen functional groups attached to an aromatic ring is 1. The van der Waals surface area contributed by atoms with E-state index in [4.69, 9.17) is 23.9 Å². The molecule has 0 amide bonds. The predicted octanol–water partition coefficient (Wildman–Crippen LogP) is 5.19. The Morgan fingerprint density at radius 1 is 1.34 bits per heavy atom. The van der Waals surface area contributed by atoms with Crippen molar-refractivity contribution < 1.29 is 9.53 Å². The summed E-state index contributed by atoms with van der Waals surface area (Å²) in [6.45, 7) is 7.47. The second-order valence-electron chi connectivity index (χ2n) is 7.07. The van der Waals surface area contributed by atoms with E-state index in [1.807, 2.05) is 29.6 Å². The zero-order chi connectivity index (χ0) is 24.9. The number of halogens is 1. The number of pyridine rings is 1. The number of ether oxygens (including phenoxy) is 1. The summed E-state index contributed by atoms with van der Waals surface area (Å²) < 4.78 is 6.03. The summed E-state index contributed by atoms with van der Waals surface area (Å²) in [6, 6.07) is 9.59. The van der Waals surface area contributed by atoms with Crippen LogP contribution in [0.4, 0.5) is 11.5 Å². The van der Waals surface area contributed by atoms with Gasteiger partial charge in [0.15, 0.2) is 0 Å². The number of thioether (sulfide) groups is 1. The fourth-order valence-electron chi connectivity index (χ4n) is 3.19. The molecule has 0 unspecified atom stereocenters. The molecule has 0 radical (unpaired) electrons. The molecule has 2 N–H and O–H groups in total. The first-order valence-electron chi connectivity index (χ1n) is 9.97. The molecule has 0 bridgehead atoms. The summed E-state index contributed by atoms with van der Waals surface area (Å²) >= 11 is 8.77. The molecule has 1 aromatic carbocycles. The van der Waals surface area contributed by atoms with E-state index in [2.05, 4.69) is 30.7 Å². The van der Waals surface area contributed by atoms with Gasteiger partial charge in [-0.2, -0.15) is 10.4 Å². The lowest BCUT2D eigenvalue weighted by Gasteiger charge is -2.11. The number of carbonyl (C=O) groups is 1. The van der Waals surface area contributed by atoms with Gasteiger partial charge in [0.05, 0.1) is 31.1 Å². The van der Waals surface area contributed by atoms with Crippen molar-refractivity contribution >= 4 is 52.2 Å². The van der Waals surface area contributed by atoms with Crippen LogP contribution in [0, 0.1) is 17.9 Å². The van der Waals surface area contributed by atoms with Crippen molar-refractivity contribution in [2.45, 2.75) is 17.3 Å². The smallest absolute Gasteiger partial charge is 0.327 e. The Kier molecular flexibility index (Phi) is 7.32. The first-order valence-corrected chi connectivity index (χ1v) is 12.2. The molecule has 0 saturated heterocycles. The zero-order valence-electron chi connectivity index (χ0n) is 18.2. The summed E-state index contributed by atoms with van der Waals surface area (Å²) in [6.07, 6.45) is 3.04. The van der Waals surface area contributed by atoms with Gasteiger partial charge >= 0.3 is 5.97 Å². The van der Waals surface area contributed by atoms with Crippen LogP contribution in [-0.4, -0.2) is 32.8 Å². The van der Waals surface area contributed by atoms with Gasteiger partial charge in [0.1, 0.15) is 28.5 Å². The molecule has 0 aliphatic heterocycles. The third kappa shape index (κ3) is 5.28. The fraction of sp³-hybridized carbons (Fsp3) is 0.130. The van der Waals surface area contributed by atoms with Gasteiger partial charge < -0.3 is 10.5 Å². The molecule has 4 rings (SSSR count). The quantitative estimate of drug-likeness (QED) is 0.200. The number of hydrogen-bond acceptors (Lipinski definition) is 9. The highest BCUT2D eigenvalue weighted by Gasteiger charge is 2.22. The maximum Gasteiger partial charge on any atom is 0.327 e. The minimum Gasteiger partial charge on any atom is -0.468 e. The van der Waals surface area contributed by atoms with Crippen LogP contribution in [0.3, 0.4) is 0 Å². The van der Waals surface area contributed by atoms with Crippen LogP contribution < -0.4 is 5.73 Å². The second kappa shape index (κ2) is 10.6. The number of aromatic nitrogens is 4. The summed E-state index contributed by atoms with van der Waals surface area (Å²) in [5.41, 5.74) is 8.94. The number of nitrogens with zero attached hydrogens (tertiary/aromatic N) is 6. The highest BCUT2D eigenvalue weighted by atomic mass is 35.5. The van der Waals surface area contributed by atoms with Crippen LogP contribution in [0.5, 0.6) is 0 Å². The summed E-state index contributed by atoms with van der Waals surface area (Å²) in [7, 11) is 1.28. The minimum atomic E-state index is -0.475. The molecule has 12 heteroatoms. The van der Waals surface area contributed by atoms with Crippen LogP contribution in [0.2, 0.25) is 5.02 Å². The standard InChI is InChI=1S/C23H16ClN7O2S2/c1-27-20-19(14-8-28-31(9-14)10-18(32)33-2)17(7-25)23(30-21(20)26)35-12-16-11-34-22(29-16)13-3-5-15(24)6-4-13/h3-6,8-9,11H,10,12H2,2H3,(H2,26,30). The Hall–Kier alpha value is -3.90. The molecular formula is C23H16ClN7O2S2. The Bertz CT molecular complexity index is 1480. The average Bonchev–Trinajstić information content (AvgIpc) is 3.52. The van der Waals surface area contributed by atoms with Crippen LogP contribution in [-0.2, 0) is 21.8 Å². The Morgan fingerprint density at radius 3 is 2.80 bits per heavy atom. The van der Waals surface area contributed by atoms with Crippen LogP contribution >= 0.6 is 34.7 Å². The number of methoxy groups -OCH3 is 1. The van der Waals surface area contributed by atoms with Crippen molar-refractivity contribution in [3.63, 3.8) is 0 Å². The second-order valence-corrected chi connectivity index (χ2v) is 9.33. The monoisotopic (exact) mass is 521 g/mol. The number of rotatable bonds is 7. The number of esters is 1. The SMILES string of the molecule is [C-]#[N+]c1c(N)nc(SCc2csc(-c3ccc(Cl)cc3)n2)c(C#N)c1-c1cnn(CC(=O)OC)c1. The number of thiazole rings is 1. The van der Waals surface area contributed by atoms with Gasteiger partial charge in [0.25, 0.3) is 0 Å². The van der Waals surface area contributed by atoms with Crippen molar-refractivity contribution in [2.75, 3.05) is 12.8 Å². The number of benzene rings is 1. The van der Waals surface area contributed by atoms with Gasteiger partial charge in [-0.1, -0.05) is 35.5 Å². The lowest BCUT2D eigenvalue weighted by Crippen LogP contribution is -2.11. The number of nitrogens with two attached hydrogens (primary N) is 1. The number of carbonyl (C=O) groups excluding carboxylic acids is 1. The topological polar surface area (TPSA) is 124 Å². The van der Waals surface area contributed by atoms with Gasteiger partial charge in [-0.25, -0.2) is 14.8 Å². The largest absolute Gasteiger partial charge is 0.468 e. The van der Waals surface area contributed by atoms with E-state index < -0.39 is 5.97 Å². The lowest BCUT2D eigenvalue weighted by atomic mass is 10.0. The Labute approximate surface area is 214 Å². The van der Waals surface area contributed by atoms with Crippen molar-refractivity contribution in [1.82, 2.24) is 19.7 Å².